The van der Waals surface area contributed by atoms with Crippen LogP contribution in [0.3, 0.4) is 0 Å². The average Bonchev–Trinajstić information content (AvgIpc) is 2.74. The fourth-order valence-corrected chi connectivity index (χ4v) is 4.89. The zero-order valence-electron chi connectivity index (χ0n) is 16.4. The molecule has 28 heavy (non-hydrogen) atoms. The molecular formula is C22H25N3O2S. The molecule has 0 spiro atoms. The van der Waals surface area contributed by atoms with E-state index in [4.69, 9.17) is 4.98 Å². The van der Waals surface area contributed by atoms with Crippen molar-refractivity contribution in [1.29, 1.82) is 0 Å². The van der Waals surface area contributed by atoms with Crippen molar-refractivity contribution >= 4 is 39.3 Å². The van der Waals surface area contributed by atoms with Gasteiger partial charge in [0, 0.05) is 19.6 Å². The lowest BCUT2D eigenvalue weighted by Gasteiger charge is -2.35. The van der Waals surface area contributed by atoms with E-state index in [0.717, 1.165) is 36.6 Å². The Morgan fingerprint density at radius 1 is 1.21 bits per heavy atom. The molecule has 0 radical (unpaired) electrons. The minimum absolute atomic E-state index is 0.0740. The lowest BCUT2D eigenvalue weighted by Crippen LogP contribution is -2.44. The van der Waals surface area contributed by atoms with Crippen LogP contribution in [0.1, 0.15) is 32.6 Å². The lowest BCUT2D eigenvalue weighted by molar-refractivity contribution is -0.132. The molecule has 4 rings (SSSR count). The molecule has 0 aliphatic carbocycles. The zero-order valence-corrected chi connectivity index (χ0v) is 17.2. The standard InChI is InChI=1S/C22H25N3O2S/c1-3-17-10-6-7-11-25(17)20(26)14-28-22-23-19-13-16-9-5-4-8-15(16)12-18(19)21(27)24(22)2/h4-5,8-9,12-13,17H,3,6-7,10-11,14H2,1-2H3/t17-/m1/s1. The third-order valence-electron chi connectivity index (χ3n) is 5.65. The summed E-state index contributed by atoms with van der Waals surface area (Å²) in [7, 11) is 1.73. The number of carbonyl (C=O) groups is 1. The Kier molecular flexibility index (Phi) is 5.40. The summed E-state index contributed by atoms with van der Waals surface area (Å²) in [5, 5.41) is 3.28. The van der Waals surface area contributed by atoms with Gasteiger partial charge in [-0.3, -0.25) is 14.2 Å². The summed E-state index contributed by atoms with van der Waals surface area (Å²) in [5.41, 5.74) is 0.608. The third kappa shape index (κ3) is 3.53. The first-order valence-corrected chi connectivity index (χ1v) is 10.9. The van der Waals surface area contributed by atoms with E-state index in [1.54, 1.807) is 11.6 Å². The second-order valence-corrected chi connectivity index (χ2v) is 8.35. The minimum Gasteiger partial charge on any atom is -0.339 e. The molecular weight excluding hydrogens is 370 g/mol. The Labute approximate surface area is 168 Å². The Bertz CT molecular complexity index is 1090. The molecule has 1 aliphatic rings. The van der Waals surface area contributed by atoms with Crippen LogP contribution in [0.5, 0.6) is 0 Å². The van der Waals surface area contributed by atoms with E-state index in [1.807, 2.05) is 41.3 Å². The smallest absolute Gasteiger partial charge is 0.261 e. The number of likely N-dealkylation sites (tertiary alicyclic amines) is 1. The van der Waals surface area contributed by atoms with Crippen molar-refractivity contribution in [2.75, 3.05) is 12.3 Å². The predicted octanol–water partition coefficient (Wildman–Crippen LogP) is 3.97. The van der Waals surface area contributed by atoms with Crippen molar-refractivity contribution in [3.8, 4) is 0 Å². The fourth-order valence-electron chi connectivity index (χ4n) is 4.03. The number of piperidine rings is 1. The number of nitrogens with zero attached hydrogens (tertiary/aromatic N) is 3. The minimum atomic E-state index is -0.0740. The normalized spacial score (nSPS) is 17.4. The highest BCUT2D eigenvalue weighted by Gasteiger charge is 2.25. The quantitative estimate of drug-likeness (QED) is 0.381. The molecule has 1 atom stereocenters. The van der Waals surface area contributed by atoms with Crippen LogP contribution in [0.4, 0.5) is 0 Å². The van der Waals surface area contributed by atoms with Gasteiger partial charge in [0.1, 0.15) is 0 Å². The first kappa shape index (κ1) is 19.0. The molecule has 1 saturated heterocycles. The Balaban J connectivity index is 1.61. The number of amides is 1. The second kappa shape index (κ2) is 7.95. The van der Waals surface area contributed by atoms with E-state index in [-0.39, 0.29) is 11.5 Å². The number of hydrogen-bond acceptors (Lipinski definition) is 4. The SMILES string of the molecule is CC[C@@H]1CCCCN1C(=O)CSc1nc2cc3ccccc3cc2c(=O)n1C. The molecule has 5 nitrogen and oxygen atoms in total. The van der Waals surface area contributed by atoms with Gasteiger partial charge in [-0.15, -0.1) is 0 Å². The molecule has 146 valence electrons. The topological polar surface area (TPSA) is 55.2 Å². The van der Waals surface area contributed by atoms with E-state index in [1.165, 1.54) is 18.2 Å². The summed E-state index contributed by atoms with van der Waals surface area (Å²) in [6.07, 6.45) is 4.36. The van der Waals surface area contributed by atoms with Crippen LogP contribution >= 0.6 is 11.8 Å². The van der Waals surface area contributed by atoms with Gasteiger partial charge in [-0.25, -0.2) is 4.98 Å². The number of fused-ring (bicyclic) bond motifs is 2. The van der Waals surface area contributed by atoms with Gasteiger partial charge in [0.05, 0.1) is 16.7 Å². The zero-order chi connectivity index (χ0) is 19.7. The summed E-state index contributed by atoms with van der Waals surface area (Å²) in [5.74, 6) is 0.458. The lowest BCUT2D eigenvalue weighted by atomic mass is 10.0. The molecule has 6 heteroatoms. The highest BCUT2D eigenvalue weighted by molar-refractivity contribution is 7.99. The van der Waals surface area contributed by atoms with E-state index < -0.39 is 0 Å². The first-order valence-electron chi connectivity index (χ1n) is 9.90. The molecule has 3 aromatic rings. The number of benzene rings is 2. The maximum atomic E-state index is 12.9. The number of hydrogen-bond donors (Lipinski definition) is 0. The molecule has 0 saturated carbocycles. The Morgan fingerprint density at radius 2 is 1.96 bits per heavy atom. The number of carbonyl (C=O) groups excluding carboxylic acids is 1. The van der Waals surface area contributed by atoms with Gasteiger partial charge in [0.2, 0.25) is 5.91 Å². The Hall–Kier alpha value is -2.34. The van der Waals surface area contributed by atoms with Gasteiger partial charge < -0.3 is 4.90 Å². The predicted molar refractivity (Wildman–Crippen MR) is 115 cm³/mol. The van der Waals surface area contributed by atoms with Crippen LogP contribution < -0.4 is 5.56 Å². The molecule has 1 fully saturated rings. The molecule has 1 aliphatic heterocycles. The van der Waals surface area contributed by atoms with Crippen LogP contribution in [-0.4, -0.2) is 38.7 Å². The number of aromatic nitrogens is 2. The van der Waals surface area contributed by atoms with Gasteiger partial charge in [0.15, 0.2) is 5.16 Å². The second-order valence-electron chi connectivity index (χ2n) is 7.41. The summed E-state index contributed by atoms with van der Waals surface area (Å²) in [6.45, 7) is 2.98. The molecule has 0 bridgehead atoms. The van der Waals surface area contributed by atoms with E-state index in [9.17, 15) is 9.59 Å². The van der Waals surface area contributed by atoms with Crippen molar-refractivity contribution in [2.24, 2.45) is 7.05 Å². The van der Waals surface area contributed by atoms with Crippen LogP contribution in [0.25, 0.3) is 21.7 Å². The van der Waals surface area contributed by atoms with Crippen LogP contribution in [0.15, 0.2) is 46.3 Å². The molecule has 0 N–H and O–H groups in total. The molecule has 2 heterocycles. The molecule has 1 amide bonds. The van der Waals surface area contributed by atoms with Gasteiger partial charge in [0.25, 0.3) is 5.56 Å². The maximum Gasteiger partial charge on any atom is 0.261 e. The highest BCUT2D eigenvalue weighted by atomic mass is 32.2. The molecule has 2 aromatic carbocycles. The van der Waals surface area contributed by atoms with Crippen molar-refractivity contribution in [1.82, 2.24) is 14.5 Å². The van der Waals surface area contributed by atoms with Crippen molar-refractivity contribution in [2.45, 2.75) is 43.8 Å². The van der Waals surface area contributed by atoms with Crippen molar-refractivity contribution < 1.29 is 4.79 Å². The van der Waals surface area contributed by atoms with Crippen LogP contribution in [0.2, 0.25) is 0 Å². The van der Waals surface area contributed by atoms with Gasteiger partial charge in [-0.05, 0) is 48.6 Å². The van der Waals surface area contributed by atoms with Gasteiger partial charge >= 0.3 is 0 Å². The van der Waals surface area contributed by atoms with Crippen molar-refractivity contribution in [3.63, 3.8) is 0 Å². The monoisotopic (exact) mass is 395 g/mol. The largest absolute Gasteiger partial charge is 0.339 e. The summed E-state index contributed by atoms with van der Waals surface area (Å²) in [6, 6.07) is 12.2. The van der Waals surface area contributed by atoms with E-state index in [2.05, 4.69) is 6.92 Å². The maximum absolute atomic E-state index is 12.9. The first-order chi connectivity index (χ1) is 13.6. The van der Waals surface area contributed by atoms with E-state index >= 15 is 0 Å². The van der Waals surface area contributed by atoms with Crippen LogP contribution in [0, 0.1) is 0 Å². The van der Waals surface area contributed by atoms with Gasteiger partial charge in [-0.2, -0.15) is 0 Å². The summed E-state index contributed by atoms with van der Waals surface area (Å²) >= 11 is 1.36. The third-order valence-corrected chi connectivity index (χ3v) is 6.66. The van der Waals surface area contributed by atoms with Crippen LogP contribution in [-0.2, 0) is 11.8 Å². The fraction of sp³-hybridized carbons (Fsp3) is 0.409. The number of rotatable bonds is 4. The van der Waals surface area contributed by atoms with E-state index in [0.29, 0.717) is 27.9 Å². The molecule has 1 aromatic heterocycles. The number of thioether (sulfide) groups is 1. The van der Waals surface area contributed by atoms with Crippen molar-refractivity contribution in [3.05, 3.63) is 46.8 Å². The molecule has 0 unspecified atom stereocenters. The summed E-state index contributed by atoms with van der Waals surface area (Å²) < 4.78 is 1.56. The summed E-state index contributed by atoms with van der Waals surface area (Å²) in [4.78, 5) is 32.3. The average molecular weight is 396 g/mol. The van der Waals surface area contributed by atoms with Gasteiger partial charge in [-0.1, -0.05) is 43.0 Å². The Morgan fingerprint density at radius 3 is 2.71 bits per heavy atom. The highest BCUT2D eigenvalue weighted by Crippen LogP contribution is 2.24.